The summed E-state index contributed by atoms with van der Waals surface area (Å²) in [4.78, 5) is 11.4. The van der Waals surface area contributed by atoms with E-state index in [1.807, 2.05) is 0 Å². The highest BCUT2D eigenvalue weighted by molar-refractivity contribution is 7.92. The van der Waals surface area contributed by atoms with Crippen LogP contribution in [0.3, 0.4) is 0 Å². The van der Waals surface area contributed by atoms with Gasteiger partial charge in [0.25, 0.3) is 0 Å². The maximum atomic E-state index is 12.2. The van der Waals surface area contributed by atoms with Crippen molar-refractivity contribution < 1.29 is 22.7 Å². The van der Waals surface area contributed by atoms with E-state index in [4.69, 9.17) is 16.3 Å². The van der Waals surface area contributed by atoms with Crippen LogP contribution in [0.15, 0.2) is 18.2 Å². The first-order valence-electron chi connectivity index (χ1n) is 5.76. The molecule has 0 atom stereocenters. The molecule has 8 heteroatoms. The molecule has 1 aromatic rings. The molecule has 0 aliphatic carbocycles. The third-order valence-electron chi connectivity index (χ3n) is 2.61. The van der Waals surface area contributed by atoms with Crippen molar-refractivity contribution in [1.82, 2.24) is 0 Å². The number of carbonyl (C=O) groups excluding carboxylic acids is 1. The van der Waals surface area contributed by atoms with E-state index in [1.54, 1.807) is 6.07 Å². The Morgan fingerprint density at radius 2 is 2.00 bits per heavy atom. The number of halogens is 1. The highest BCUT2D eigenvalue weighted by atomic mass is 35.5. The van der Waals surface area contributed by atoms with E-state index in [2.05, 4.69) is 4.74 Å². The fourth-order valence-corrected chi connectivity index (χ4v) is 2.75. The largest absolute Gasteiger partial charge is 0.495 e. The Morgan fingerprint density at radius 1 is 1.35 bits per heavy atom. The van der Waals surface area contributed by atoms with Crippen LogP contribution in [0.25, 0.3) is 0 Å². The molecule has 0 N–H and O–H groups in total. The van der Waals surface area contributed by atoms with Crippen LogP contribution in [0.2, 0.25) is 5.02 Å². The van der Waals surface area contributed by atoms with Crippen LogP contribution < -0.4 is 9.04 Å². The lowest BCUT2D eigenvalue weighted by Gasteiger charge is -2.24. The summed E-state index contributed by atoms with van der Waals surface area (Å²) < 4.78 is 34.9. The summed E-state index contributed by atoms with van der Waals surface area (Å²) in [6, 6.07) is 4.53. The van der Waals surface area contributed by atoms with E-state index in [1.165, 1.54) is 33.3 Å². The molecule has 1 rings (SSSR count). The molecule has 20 heavy (non-hydrogen) atoms. The van der Waals surface area contributed by atoms with Crippen molar-refractivity contribution in [1.29, 1.82) is 0 Å². The molecule has 0 spiro atoms. The van der Waals surface area contributed by atoms with Gasteiger partial charge in [-0.15, -0.1) is 0 Å². The van der Waals surface area contributed by atoms with E-state index >= 15 is 0 Å². The summed E-state index contributed by atoms with van der Waals surface area (Å²) in [5.41, 5.74) is 0.201. The number of anilines is 1. The van der Waals surface area contributed by atoms with Gasteiger partial charge in [0.15, 0.2) is 0 Å². The lowest BCUT2D eigenvalue weighted by atomic mass is 10.3. The second-order valence-electron chi connectivity index (χ2n) is 3.80. The van der Waals surface area contributed by atoms with Gasteiger partial charge in [-0.25, -0.2) is 8.42 Å². The van der Waals surface area contributed by atoms with Gasteiger partial charge in [-0.3, -0.25) is 9.10 Å². The van der Waals surface area contributed by atoms with Gasteiger partial charge < -0.3 is 9.47 Å². The highest BCUT2D eigenvalue weighted by Crippen LogP contribution is 2.33. The average molecular weight is 322 g/mol. The van der Waals surface area contributed by atoms with Crippen LogP contribution in [-0.4, -0.2) is 40.9 Å². The first-order chi connectivity index (χ1) is 9.35. The molecule has 0 radical (unpaired) electrons. The lowest BCUT2D eigenvalue weighted by molar-refractivity contribution is -0.138. The first-order valence-corrected chi connectivity index (χ1v) is 7.75. The van der Waals surface area contributed by atoms with Gasteiger partial charge in [-0.05, 0) is 25.1 Å². The minimum atomic E-state index is -3.67. The fraction of sp³-hybridized carbons (Fsp3) is 0.417. The monoisotopic (exact) mass is 321 g/mol. The summed E-state index contributed by atoms with van der Waals surface area (Å²) in [6.45, 7) is 1.04. The number of esters is 1. The Bertz CT molecular complexity index is 588. The van der Waals surface area contributed by atoms with Crippen molar-refractivity contribution >= 4 is 33.3 Å². The quantitative estimate of drug-likeness (QED) is 0.745. The third kappa shape index (κ3) is 3.77. The lowest BCUT2D eigenvalue weighted by Crippen LogP contribution is -2.37. The minimum absolute atomic E-state index is 0.167. The normalized spacial score (nSPS) is 11.0. The number of ether oxygens (including phenoxy) is 2. The van der Waals surface area contributed by atoms with Crippen LogP contribution in [0.1, 0.15) is 6.92 Å². The molecule has 112 valence electrons. The molecule has 6 nitrogen and oxygen atoms in total. The predicted octanol–water partition coefficient (Wildman–Crippen LogP) is 1.68. The van der Waals surface area contributed by atoms with Crippen molar-refractivity contribution in [2.45, 2.75) is 6.92 Å². The van der Waals surface area contributed by atoms with Crippen molar-refractivity contribution in [2.24, 2.45) is 0 Å². The molecule has 0 saturated carbocycles. The molecule has 0 bridgehead atoms. The standard InChI is InChI=1S/C12H16ClNO5S/c1-4-20(16,17)14(8-12(15)19-3)10-7-9(13)5-6-11(10)18-2/h5-7H,4,8H2,1-3H3. The van der Waals surface area contributed by atoms with Gasteiger partial charge in [0, 0.05) is 5.02 Å². The average Bonchev–Trinajstić information content (AvgIpc) is 2.44. The summed E-state index contributed by atoms with van der Waals surface area (Å²) >= 11 is 5.89. The second kappa shape index (κ2) is 6.81. The van der Waals surface area contributed by atoms with Crippen molar-refractivity contribution in [3.05, 3.63) is 23.2 Å². The highest BCUT2D eigenvalue weighted by Gasteiger charge is 2.26. The molecule has 1 aromatic carbocycles. The summed E-state index contributed by atoms with van der Waals surface area (Å²) in [6.07, 6.45) is 0. The van der Waals surface area contributed by atoms with Gasteiger partial charge in [-0.2, -0.15) is 0 Å². The number of sulfonamides is 1. The number of rotatable bonds is 6. The summed E-state index contributed by atoms with van der Waals surface area (Å²) in [7, 11) is -1.08. The van der Waals surface area contributed by atoms with Gasteiger partial charge >= 0.3 is 5.97 Å². The topological polar surface area (TPSA) is 72.9 Å². The number of nitrogens with zero attached hydrogens (tertiary/aromatic N) is 1. The van der Waals surface area contributed by atoms with Crippen LogP contribution >= 0.6 is 11.6 Å². The maximum absolute atomic E-state index is 12.2. The minimum Gasteiger partial charge on any atom is -0.495 e. The van der Waals surface area contributed by atoms with E-state index in [0.717, 1.165) is 4.31 Å². The predicted molar refractivity (Wildman–Crippen MR) is 76.8 cm³/mol. The zero-order valence-corrected chi connectivity index (χ0v) is 13.0. The summed E-state index contributed by atoms with van der Waals surface area (Å²) in [5.74, 6) is -0.543. The molecule has 0 unspecified atom stereocenters. The van der Waals surface area contributed by atoms with E-state index < -0.39 is 22.5 Å². The number of hydrogen-bond acceptors (Lipinski definition) is 5. The molecule has 0 amide bonds. The van der Waals surface area contributed by atoms with Crippen molar-refractivity contribution in [2.75, 3.05) is 30.8 Å². The van der Waals surface area contributed by atoms with Gasteiger partial charge in [0.1, 0.15) is 12.3 Å². The third-order valence-corrected chi connectivity index (χ3v) is 4.57. The number of hydrogen-bond donors (Lipinski definition) is 0. The molecule has 0 saturated heterocycles. The van der Waals surface area contributed by atoms with Gasteiger partial charge in [0.2, 0.25) is 10.0 Å². The molecule has 0 heterocycles. The SMILES string of the molecule is CCS(=O)(=O)N(CC(=O)OC)c1cc(Cl)ccc1OC. The number of methoxy groups -OCH3 is 2. The smallest absolute Gasteiger partial charge is 0.326 e. The van der Waals surface area contributed by atoms with Crippen LogP contribution in [0.4, 0.5) is 5.69 Å². The zero-order valence-electron chi connectivity index (χ0n) is 11.4. The van der Waals surface area contributed by atoms with E-state index in [9.17, 15) is 13.2 Å². The van der Waals surface area contributed by atoms with E-state index in [0.29, 0.717) is 10.8 Å². The molecule has 0 aliphatic rings. The Labute approximate surface area is 123 Å². The fourth-order valence-electron chi connectivity index (χ4n) is 1.53. The van der Waals surface area contributed by atoms with Crippen LogP contribution in [0.5, 0.6) is 5.75 Å². The Hall–Kier alpha value is -1.47. The van der Waals surface area contributed by atoms with Crippen molar-refractivity contribution in [3.63, 3.8) is 0 Å². The molecular weight excluding hydrogens is 306 g/mol. The Balaban J connectivity index is 3.37. The number of carbonyl (C=O) groups is 1. The first kappa shape index (κ1) is 16.6. The van der Waals surface area contributed by atoms with Crippen molar-refractivity contribution in [3.8, 4) is 5.75 Å². The Kier molecular flexibility index (Phi) is 5.64. The molecule has 0 aliphatic heterocycles. The van der Waals surface area contributed by atoms with Gasteiger partial charge in [0.05, 0.1) is 25.7 Å². The van der Waals surface area contributed by atoms with Gasteiger partial charge in [-0.1, -0.05) is 11.6 Å². The molecule has 0 aromatic heterocycles. The van der Waals surface area contributed by atoms with E-state index in [-0.39, 0.29) is 11.4 Å². The molecule has 0 fully saturated rings. The Morgan fingerprint density at radius 3 is 2.50 bits per heavy atom. The zero-order chi connectivity index (χ0) is 15.3. The summed E-state index contributed by atoms with van der Waals surface area (Å²) in [5, 5.41) is 0.335. The van der Waals surface area contributed by atoms with Crippen LogP contribution in [-0.2, 0) is 19.6 Å². The molecular formula is C12H16ClNO5S. The maximum Gasteiger partial charge on any atom is 0.326 e. The number of benzene rings is 1. The second-order valence-corrected chi connectivity index (χ2v) is 6.42. The van der Waals surface area contributed by atoms with Crippen LogP contribution in [0, 0.1) is 0 Å².